The van der Waals surface area contributed by atoms with Crippen molar-refractivity contribution in [3.05, 3.63) is 29.8 Å². The van der Waals surface area contributed by atoms with E-state index in [-0.39, 0.29) is 11.9 Å². The standard InChI is InChI=1S/C17H25N3O3S/c1-13-12-19(16-8-9-16)10-11-20(13)17(21)14-4-6-15(7-5-14)18(2)24(3,22)23/h4-7,13,16H,8-12H2,1-3H3. The molecule has 1 unspecified atom stereocenters. The lowest BCUT2D eigenvalue weighted by molar-refractivity contribution is 0.0474. The van der Waals surface area contributed by atoms with Gasteiger partial charge in [-0.05, 0) is 44.0 Å². The number of benzene rings is 1. The van der Waals surface area contributed by atoms with Gasteiger partial charge >= 0.3 is 0 Å². The zero-order chi connectivity index (χ0) is 17.5. The van der Waals surface area contributed by atoms with E-state index in [0.29, 0.717) is 11.3 Å². The molecule has 132 valence electrons. The minimum atomic E-state index is -3.29. The highest BCUT2D eigenvalue weighted by atomic mass is 32.2. The van der Waals surface area contributed by atoms with Crippen LogP contribution < -0.4 is 4.31 Å². The molecule has 2 aliphatic rings. The quantitative estimate of drug-likeness (QED) is 0.822. The molecule has 3 rings (SSSR count). The van der Waals surface area contributed by atoms with Gasteiger partial charge in [-0.1, -0.05) is 0 Å². The number of carbonyl (C=O) groups excluding carboxylic acids is 1. The molecule has 1 aliphatic heterocycles. The van der Waals surface area contributed by atoms with Gasteiger partial charge in [-0.2, -0.15) is 0 Å². The van der Waals surface area contributed by atoms with E-state index in [9.17, 15) is 13.2 Å². The normalized spacial score (nSPS) is 22.5. The van der Waals surface area contributed by atoms with Gasteiger partial charge in [0.2, 0.25) is 10.0 Å². The molecule has 0 radical (unpaired) electrons. The third-order valence-corrected chi connectivity index (χ3v) is 6.16. The van der Waals surface area contributed by atoms with E-state index < -0.39 is 10.0 Å². The van der Waals surface area contributed by atoms with Crippen LogP contribution in [0.2, 0.25) is 0 Å². The Balaban J connectivity index is 1.69. The van der Waals surface area contributed by atoms with Crippen molar-refractivity contribution < 1.29 is 13.2 Å². The smallest absolute Gasteiger partial charge is 0.254 e. The van der Waals surface area contributed by atoms with Gasteiger partial charge in [0.25, 0.3) is 5.91 Å². The van der Waals surface area contributed by atoms with Crippen LogP contribution >= 0.6 is 0 Å². The summed E-state index contributed by atoms with van der Waals surface area (Å²) in [5.41, 5.74) is 1.16. The van der Waals surface area contributed by atoms with Crippen LogP contribution in [-0.2, 0) is 10.0 Å². The van der Waals surface area contributed by atoms with Crippen LogP contribution in [0.25, 0.3) is 0 Å². The molecule has 1 saturated heterocycles. The van der Waals surface area contributed by atoms with Gasteiger partial charge < -0.3 is 4.90 Å². The summed E-state index contributed by atoms with van der Waals surface area (Å²) < 4.78 is 24.4. The number of hydrogen-bond donors (Lipinski definition) is 0. The number of rotatable bonds is 4. The number of sulfonamides is 1. The Morgan fingerprint density at radius 2 is 1.79 bits per heavy atom. The van der Waals surface area contributed by atoms with Gasteiger partial charge in [0, 0.05) is 44.3 Å². The zero-order valence-corrected chi connectivity index (χ0v) is 15.3. The fraction of sp³-hybridized carbons (Fsp3) is 0.588. The number of carbonyl (C=O) groups is 1. The summed E-state index contributed by atoms with van der Waals surface area (Å²) in [5, 5.41) is 0. The third kappa shape index (κ3) is 3.57. The summed E-state index contributed by atoms with van der Waals surface area (Å²) in [5.74, 6) is 0.0199. The molecule has 1 aromatic rings. The minimum Gasteiger partial charge on any atom is -0.333 e. The Hall–Kier alpha value is -1.60. The van der Waals surface area contributed by atoms with E-state index >= 15 is 0 Å². The molecule has 24 heavy (non-hydrogen) atoms. The lowest BCUT2D eigenvalue weighted by Gasteiger charge is -2.40. The predicted octanol–water partition coefficient (Wildman–Crippen LogP) is 1.39. The number of amides is 1. The molecule has 0 spiro atoms. The highest BCUT2D eigenvalue weighted by Crippen LogP contribution is 2.29. The third-order valence-electron chi connectivity index (χ3n) is 4.96. The van der Waals surface area contributed by atoms with Crippen LogP contribution in [0.3, 0.4) is 0 Å². The summed E-state index contributed by atoms with van der Waals surface area (Å²) in [4.78, 5) is 17.2. The fourth-order valence-electron chi connectivity index (χ4n) is 3.23. The molecule has 0 N–H and O–H groups in total. The number of hydrogen-bond acceptors (Lipinski definition) is 4. The van der Waals surface area contributed by atoms with Crippen molar-refractivity contribution in [2.75, 3.05) is 37.2 Å². The summed E-state index contributed by atoms with van der Waals surface area (Å²) in [6.45, 7) is 4.72. The molecule has 2 fully saturated rings. The van der Waals surface area contributed by atoms with Gasteiger partial charge in [-0.25, -0.2) is 8.42 Å². The van der Waals surface area contributed by atoms with Crippen LogP contribution in [0.15, 0.2) is 24.3 Å². The molecular formula is C17H25N3O3S. The molecule has 1 heterocycles. The molecule has 1 amide bonds. The topological polar surface area (TPSA) is 60.9 Å². The second-order valence-corrected chi connectivity index (χ2v) is 8.86. The molecule has 0 bridgehead atoms. The van der Waals surface area contributed by atoms with Crippen molar-refractivity contribution in [2.24, 2.45) is 0 Å². The Bertz CT molecular complexity index is 713. The second kappa shape index (κ2) is 6.37. The maximum Gasteiger partial charge on any atom is 0.254 e. The Morgan fingerprint density at radius 1 is 1.17 bits per heavy atom. The van der Waals surface area contributed by atoms with Crippen molar-refractivity contribution in [3.63, 3.8) is 0 Å². The fourth-order valence-corrected chi connectivity index (χ4v) is 3.73. The maximum absolute atomic E-state index is 12.8. The predicted molar refractivity (Wildman–Crippen MR) is 94.8 cm³/mol. The van der Waals surface area contributed by atoms with E-state index in [0.717, 1.165) is 31.9 Å². The Morgan fingerprint density at radius 3 is 2.29 bits per heavy atom. The summed E-state index contributed by atoms with van der Waals surface area (Å²) in [6.07, 6.45) is 3.74. The highest BCUT2D eigenvalue weighted by Gasteiger charge is 2.35. The first-order valence-corrected chi connectivity index (χ1v) is 10.2. The van der Waals surface area contributed by atoms with Crippen LogP contribution in [0.4, 0.5) is 5.69 Å². The molecule has 7 heteroatoms. The molecule has 1 aromatic carbocycles. The van der Waals surface area contributed by atoms with Gasteiger partial charge in [0.15, 0.2) is 0 Å². The second-order valence-electron chi connectivity index (χ2n) is 6.85. The van der Waals surface area contributed by atoms with E-state index in [1.54, 1.807) is 24.3 Å². The van der Waals surface area contributed by atoms with Crippen molar-refractivity contribution in [2.45, 2.75) is 31.8 Å². The van der Waals surface area contributed by atoms with Crippen molar-refractivity contribution in [1.29, 1.82) is 0 Å². The summed E-state index contributed by atoms with van der Waals surface area (Å²) in [7, 11) is -1.79. The average molecular weight is 351 g/mol. The van der Waals surface area contributed by atoms with Crippen molar-refractivity contribution in [1.82, 2.24) is 9.80 Å². The lowest BCUT2D eigenvalue weighted by atomic mass is 10.1. The average Bonchev–Trinajstić information content (AvgIpc) is 3.37. The van der Waals surface area contributed by atoms with Crippen molar-refractivity contribution in [3.8, 4) is 0 Å². The van der Waals surface area contributed by atoms with Crippen LogP contribution in [0.5, 0.6) is 0 Å². The molecule has 1 atom stereocenters. The van der Waals surface area contributed by atoms with Gasteiger partial charge in [0.05, 0.1) is 11.9 Å². The minimum absolute atomic E-state index is 0.0199. The van der Waals surface area contributed by atoms with Crippen molar-refractivity contribution >= 4 is 21.6 Å². The highest BCUT2D eigenvalue weighted by molar-refractivity contribution is 7.92. The number of nitrogens with zero attached hydrogens (tertiary/aromatic N) is 3. The van der Waals surface area contributed by atoms with E-state index in [4.69, 9.17) is 0 Å². The summed E-state index contributed by atoms with van der Waals surface area (Å²) in [6, 6.07) is 7.71. The van der Waals surface area contributed by atoms with Crippen LogP contribution in [-0.4, -0.2) is 69.1 Å². The maximum atomic E-state index is 12.8. The van der Waals surface area contributed by atoms with E-state index in [1.807, 2.05) is 4.90 Å². The van der Waals surface area contributed by atoms with Crippen LogP contribution in [0, 0.1) is 0 Å². The molecule has 0 aromatic heterocycles. The Kier molecular flexibility index (Phi) is 4.57. The Labute approximate surface area is 144 Å². The van der Waals surface area contributed by atoms with E-state index in [1.165, 1.54) is 24.2 Å². The van der Waals surface area contributed by atoms with E-state index in [2.05, 4.69) is 11.8 Å². The first-order chi connectivity index (χ1) is 11.3. The van der Waals surface area contributed by atoms with Gasteiger partial charge in [-0.15, -0.1) is 0 Å². The van der Waals surface area contributed by atoms with Gasteiger partial charge in [0.1, 0.15) is 0 Å². The van der Waals surface area contributed by atoms with Gasteiger partial charge in [-0.3, -0.25) is 14.0 Å². The molecule has 1 aliphatic carbocycles. The van der Waals surface area contributed by atoms with Crippen LogP contribution in [0.1, 0.15) is 30.1 Å². The largest absolute Gasteiger partial charge is 0.333 e. The summed E-state index contributed by atoms with van der Waals surface area (Å²) >= 11 is 0. The first kappa shape index (κ1) is 17.2. The molecule has 6 nitrogen and oxygen atoms in total. The monoisotopic (exact) mass is 351 g/mol. The SMILES string of the molecule is CC1CN(C2CC2)CCN1C(=O)c1ccc(N(C)S(C)(=O)=O)cc1. The molecular weight excluding hydrogens is 326 g/mol. The number of anilines is 1. The lowest BCUT2D eigenvalue weighted by Crippen LogP contribution is -2.54. The number of piperazine rings is 1. The first-order valence-electron chi connectivity index (χ1n) is 8.36. The zero-order valence-electron chi connectivity index (χ0n) is 14.5. The molecule has 1 saturated carbocycles.